The van der Waals surface area contributed by atoms with Crippen molar-refractivity contribution in [3.63, 3.8) is 0 Å². The summed E-state index contributed by atoms with van der Waals surface area (Å²) in [6.07, 6.45) is 2.06. The summed E-state index contributed by atoms with van der Waals surface area (Å²) >= 11 is 0. The Morgan fingerprint density at radius 2 is 1.59 bits per heavy atom. The maximum atomic E-state index is 12.1. The van der Waals surface area contributed by atoms with Crippen molar-refractivity contribution in [1.82, 2.24) is 9.57 Å². The molecule has 0 aliphatic rings. The van der Waals surface area contributed by atoms with E-state index in [-0.39, 0.29) is 44.3 Å². The second-order valence-electron chi connectivity index (χ2n) is 6.67. The normalized spacial score (nSPS) is 12.6. The average Bonchev–Trinajstić information content (AvgIpc) is 2.60. The third-order valence-corrected chi connectivity index (χ3v) is 5.85. The summed E-state index contributed by atoms with van der Waals surface area (Å²) in [6.45, 7) is 9.42. The molecule has 0 aliphatic carbocycles. The summed E-state index contributed by atoms with van der Waals surface area (Å²) in [7, 11) is -1.25. The van der Waals surface area contributed by atoms with Crippen molar-refractivity contribution < 1.29 is 24.1 Å². The Labute approximate surface area is 165 Å². The maximum absolute atomic E-state index is 12.1. The van der Waals surface area contributed by atoms with Gasteiger partial charge < -0.3 is 24.2 Å². The number of carbonyl (C=O) groups is 1. The molecule has 158 valence electrons. The topological polar surface area (TPSA) is 106 Å². The van der Waals surface area contributed by atoms with Crippen LogP contribution < -0.4 is 0 Å². The molecule has 0 bridgehead atoms. The molecule has 27 heavy (non-hydrogen) atoms. The van der Waals surface area contributed by atoms with Crippen LogP contribution in [0.25, 0.3) is 0 Å². The van der Waals surface area contributed by atoms with Crippen LogP contribution in [0.2, 0.25) is 0 Å². The predicted octanol–water partition coefficient (Wildman–Crippen LogP) is 2.26. The van der Waals surface area contributed by atoms with Gasteiger partial charge in [0.05, 0.1) is 38.9 Å². The largest absolute Gasteiger partial charge is 0.395 e. The van der Waals surface area contributed by atoms with E-state index in [0.717, 1.165) is 0 Å². The minimum absolute atomic E-state index is 0.0726. The molecule has 0 saturated heterocycles. The van der Waals surface area contributed by atoms with Crippen LogP contribution >= 0.6 is 8.53 Å². The van der Waals surface area contributed by atoms with Crippen molar-refractivity contribution in [3.05, 3.63) is 0 Å². The second kappa shape index (κ2) is 16.2. The van der Waals surface area contributed by atoms with Crippen LogP contribution in [0.5, 0.6) is 0 Å². The number of rotatable bonds is 16. The lowest BCUT2D eigenvalue weighted by Crippen LogP contribution is -2.35. The molecule has 0 aromatic rings. The highest BCUT2D eigenvalue weighted by molar-refractivity contribution is 7.44. The predicted molar refractivity (Wildman–Crippen MR) is 106 cm³/mol. The van der Waals surface area contributed by atoms with E-state index in [4.69, 9.17) is 24.5 Å². The van der Waals surface area contributed by atoms with Gasteiger partial charge in [0.15, 0.2) is 0 Å². The second-order valence-corrected chi connectivity index (χ2v) is 8.12. The van der Waals surface area contributed by atoms with Crippen LogP contribution in [0.3, 0.4) is 0 Å². The number of nitrogens with zero attached hydrogens (tertiary/aromatic N) is 3. The first-order chi connectivity index (χ1) is 12.9. The zero-order valence-electron chi connectivity index (χ0n) is 17.1. The van der Waals surface area contributed by atoms with E-state index in [1.807, 2.05) is 0 Å². The molecule has 1 amide bonds. The summed E-state index contributed by atoms with van der Waals surface area (Å²) < 4.78 is 13.9. The highest BCUT2D eigenvalue weighted by Crippen LogP contribution is 2.46. The molecule has 0 heterocycles. The Morgan fingerprint density at radius 1 is 1.04 bits per heavy atom. The number of unbranched alkanes of at least 4 members (excludes halogenated alkanes) is 1. The lowest BCUT2D eigenvalue weighted by molar-refractivity contribution is -0.132. The summed E-state index contributed by atoms with van der Waals surface area (Å²) in [4.78, 5) is 13.6. The van der Waals surface area contributed by atoms with Crippen molar-refractivity contribution in [2.75, 3.05) is 39.5 Å². The monoisotopic (exact) mass is 405 g/mol. The minimum Gasteiger partial charge on any atom is -0.395 e. The molecule has 0 aromatic carbocycles. The van der Waals surface area contributed by atoms with E-state index in [2.05, 4.69) is 38.4 Å². The van der Waals surface area contributed by atoms with Gasteiger partial charge in [-0.05, 0) is 40.5 Å². The van der Waals surface area contributed by atoms with Gasteiger partial charge in [-0.25, -0.2) is 4.67 Å². The molecule has 1 atom stereocenters. The molecule has 0 aliphatic heterocycles. The molecular weight excluding hydrogens is 369 g/mol. The lowest BCUT2D eigenvalue weighted by atomic mass is 10.2. The van der Waals surface area contributed by atoms with Gasteiger partial charge in [-0.15, -0.1) is 0 Å². The van der Waals surface area contributed by atoms with E-state index in [0.29, 0.717) is 38.9 Å². The number of amides is 1. The molecular formula is C18H36N3O5P. The number of aliphatic hydroxyl groups is 2. The minimum atomic E-state index is -1.25. The third-order valence-electron chi connectivity index (χ3n) is 3.74. The van der Waals surface area contributed by atoms with Gasteiger partial charge in [0.25, 0.3) is 8.53 Å². The molecule has 0 rings (SSSR count). The van der Waals surface area contributed by atoms with Crippen molar-refractivity contribution in [2.24, 2.45) is 0 Å². The summed E-state index contributed by atoms with van der Waals surface area (Å²) in [5.74, 6) is -0.0726. The molecule has 9 heteroatoms. The summed E-state index contributed by atoms with van der Waals surface area (Å²) in [6, 6.07) is 2.58. The van der Waals surface area contributed by atoms with Crippen molar-refractivity contribution >= 4 is 14.4 Å². The molecule has 2 N–H and O–H groups in total. The summed E-state index contributed by atoms with van der Waals surface area (Å²) in [5, 5.41) is 26.7. The van der Waals surface area contributed by atoms with E-state index in [9.17, 15) is 4.79 Å². The zero-order valence-corrected chi connectivity index (χ0v) is 18.0. The molecule has 0 aromatic heterocycles. The van der Waals surface area contributed by atoms with Gasteiger partial charge in [0.2, 0.25) is 5.91 Å². The fourth-order valence-electron chi connectivity index (χ4n) is 2.60. The fourth-order valence-corrected chi connectivity index (χ4v) is 4.22. The van der Waals surface area contributed by atoms with Crippen LogP contribution in [-0.4, -0.2) is 77.3 Å². The first-order valence-corrected chi connectivity index (χ1v) is 10.7. The van der Waals surface area contributed by atoms with E-state index in [1.54, 1.807) is 0 Å². The van der Waals surface area contributed by atoms with Gasteiger partial charge in [0.1, 0.15) is 0 Å². The van der Waals surface area contributed by atoms with Crippen molar-refractivity contribution in [2.45, 2.75) is 65.5 Å². The zero-order chi connectivity index (χ0) is 20.7. The number of nitriles is 1. The third kappa shape index (κ3) is 11.6. The molecule has 0 fully saturated rings. The molecule has 1 unspecified atom stereocenters. The number of hydrogen-bond acceptors (Lipinski definition) is 7. The number of aliphatic hydroxyl groups excluding tert-OH is 2. The van der Waals surface area contributed by atoms with Crippen molar-refractivity contribution in [1.29, 1.82) is 5.26 Å². The molecule has 0 radical (unpaired) electrons. The van der Waals surface area contributed by atoms with Crippen LogP contribution in [0.4, 0.5) is 0 Å². The quantitative estimate of drug-likeness (QED) is 0.300. The Morgan fingerprint density at radius 3 is 2.07 bits per heavy atom. The fraction of sp³-hybridized carbons (Fsp3) is 0.889. The van der Waals surface area contributed by atoms with Crippen LogP contribution in [0, 0.1) is 11.3 Å². The van der Waals surface area contributed by atoms with Gasteiger partial charge in [-0.1, -0.05) is 0 Å². The lowest BCUT2D eigenvalue weighted by Gasteiger charge is -2.35. The van der Waals surface area contributed by atoms with Crippen LogP contribution in [0.15, 0.2) is 0 Å². The highest BCUT2D eigenvalue weighted by atomic mass is 31.2. The van der Waals surface area contributed by atoms with E-state index in [1.165, 1.54) is 4.90 Å². The van der Waals surface area contributed by atoms with Gasteiger partial charge in [-0.3, -0.25) is 4.79 Å². The highest BCUT2D eigenvalue weighted by Gasteiger charge is 2.26. The Kier molecular flexibility index (Phi) is 15.7. The summed E-state index contributed by atoms with van der Waals surface area (Å²) in [5.41, 5.74) is 0. The van der Waals surface area contributed by atoms with E-state index >= 15 is 0 Å². The average molecular weight is 405 g/mol. The smallest absolute Gasteiger partial charge is 0.259 e. The van der Waals surface area contributed by atoms with E-state index < -0.39 is 8.53 Å². The van der Waals surface area contributed by atoms with Crippen LogP contribution in [0.1, 0.15) is 53.4 Å². The Hall–Kier alpha value is -0.810. The van der Waals surface area contributed by atoms with Gasteiger partial charge in [-0.2, -0.15) is 5.26 Å². The Bertz CT molecular complexity index is 418. The van der Waals surface area contributed by atoms with Crippen LogP contribution in [-0.2, 0) is 13.8 Å². The Balaban J connectivity index is 4.42. The molecule has 0 spiro atoms. The molecule has 0 saturated carbocycles. The van der Waals surface area contributed by atoms with Gasteiger partial charge >= 0.3 is 0 Å². The number of carbonyl (C=O) groups excluding carboxylic acids is 1. The molecule has 8 nitrogen and oxygen atoms in total. The first-order valence-electron chi connectivity index (χ1n) is 9.59. The first kappa shape index (κ1) is 26.2. The van der Waals surface area contributed by atoms with Gasteiger partial charge in [0, 0.05) is 31.6 Å². The standard InChI is InChI=1S/C18H36N3O5P/c1-16(2)21(17(3)4)27(26-15-7-9-19)25-14-6-5-8-18(24)20(10-12-22)11-13-23/h16-17,22-23H,5-8,10-15H2,1-4H3. The number of hydrogen-bond donors (Lipinski definition) is 2. The maximum Gasteiger partial charge on any atom is 0.259 e. The van der Waals surface area contributed by atoms with Crippen molar-refractivity contribution in [3.8, 4) is 6.07 Å². The SMILES string of the molecule is CC(C)N(C(C)C)P(OCCC#N)OCCCCC(=O)N(CCO)CCO.